The monoisotopic (exact) mass is 297 g/mol. The van der Waals surface area contributed by atoms with E-state index in [2.05, 4.69) is 52.0 Å². The Labute approximate surface area is 112 Å². The molecule has 0 aliphatic carbocycles. The Kier molecular flexibility index (Phi) is 4.23. The van der Waals surface area contributed by atoms with Gasteiger partial charge in [0, 0.05) is 17.1 Å². The van der Waals surface area contributed by atoms with Crippen LogP contribution in [0.2, 0.25) is 0 Å². The van der Waals surface area contributed by atoms with Gasteiger partial charge in [0.25, 0.3) is 0 Å². The van der Waals surface area contributed by atoms with Gasteiger partial charge >= 0.3 is 0 Å². The van der Waals surface area contributed by atoms with Crippen molar-refractivity contribution in [3.05, 3.63) is 34.3 Å². The molecule has 0 aromatic heterocycles. The molecular formula is C14H20BrNO. The smallest absolute Gasteiger partial charge is 0.0552 e. The van der Waals surface area contributed by atoms with Crippen molar-refractivity contribution in [2.75, 3.05) is 13.1 Å². The Hall–Kier alpha value is -0.380. The Bertz CT molecular complexity index is 380. The molecule has 0 saturated carbocycles. The molecule has 17 heavy (non-hydrogen) atoms. The summed E-state index contributed by atoms with van der Waals surface area (Å²) in [4.78, 5) is 2.46. The predicted molar refractivity (Wildman–Crippen MR) is 73.9 cm³/mol. The highest BCUT2D eigenvalue weighted by Gasteiger charge is 2.29. The second-order valence-electron chi connectivity index (χ2n) is 5.02. The molecule has 1 heterocycles. The minimum atomic E-state index is -0.185. The number of rotatable bonds is 3. The molecule has 3 unspecified atom stereocenters. The van der Waals surface area contributed by atoms with Gasteiger partial charge in [-0.1, -0.05) is 28.1 Å². The summed E-state index contributed by atoms with van der Waals surface area (Å²) in [6.45, 7) is 6.23. The minimum Gasteiger partial charge on any atom is -0.393 e. The largest absolute Gasteiger partial charge is 0.393 e. The molecule has 3 heteroatoms. The number of hydrogen-bond acceptors (Lipinski definition) is 2. The van der Waals surface area contributed by atoms with E-state index < -0.39 is 0 Å². The van der Waals surface area contributed by atoms with Crippen LogP contribution in [0.15, 0.2) is 28.7 Å². The third kappa shape index (κ3) is 3.09. The molecule has 1 aliphatic heterocycles. The lowest BCUT2D eigenvalue weighted by Crippen LogP contribution is -2.27. The zero-order valence-corrected chi connectivity index (χ0v) is 12.0. The second-order valence-corrected chi connectivity index (χ2v) is 5.93. The maximum Gasteiger partial charge on any atom is 0.0552 e. The number of hydrogen-bond donors (Lipinski definition) is 1. The van der Waals surface area contributed by atoms with Crippen LogP contribution in [0.5, 0.6) is 0 Å². The lowest BCUT2D eigenvalue weighted by atomic mass is 10.0. The van der Waals surface area contributed by atoms with Gasteiger partial charge in [-0.3, -0.25) is 4.90 Å². The zero-order chi connectivity index (χ0) is 12.4. The molecule has 1 fully saturated rings. The summed E-state index contributed by atoms with van der Waals surface area (Å²) in [5.74, 6) is 0.435. The third-order valence-electron chi connectivity index (χ3n) is 3.82. The Morgan fingerprint density at radius 3 is 2.76 bits per heavy atom. The van der Waals surface area contributed by atoms with Gasteiger partial charge in [0.1, 0.15) is 0 Å². The molecule has 2 nitrogen and oxygen atoms in total. The van der Waals surface area contributed by atoms with E-state index in [1.54, 1.807) is 0 Å². The van der Waals surface area contributed by atoms with Gasteiger partial charge in [-0.05, 0) is 50.4 Å². The quantitative estimate of drug-likeness (QED) is 0.926. The van der Waals surface area contributed by atoms with Gasteiger partial charge in [0.05, 0.1) is 6.10 Å². The maximum absolute atomic E-state index is 9.63. The van der Waals surface area contributed by atoms with Crippen LogP contribution in [0.3, 0.4) is 0 Å². The fourth-order valence-corrected chi connectivity index (χ4v) is 2.96. The second kappa shape index (κ2) is 5.51. The summed E-state index contributed by atoms with van der Waals surface area (Å²) in [5, 5.41) is 9.63. The van der Waals surface area contributed by atoms with Gasteiger partial charge < -0.3 is 5.11 Å². The lowest BCUT2D eigenvalue weighted by Gasteiger charge is -2.25. The molecule has 94 valence electrons. The first kappa shape index (κ1) is 13.1. The van der Waals surface area contributed by atoms with Crippen molar-refractivity contribution in [2.45, 2.75) is 32.4 Å². The predicted octanol–water partition coefficient (Wildman–Crippen LogP) is 3.21. The van der Waals surface area contributed by atoms with Gasteiger partial charge in [-0.15, -0.1) is 0 Å². The number of halogens is 1. The summed E-state index contributed by atoms with van der Waals surface area (Å²) in [6.07, 6.45) is 0.922. The van der Waals surface area contributed by atoms with Crippen LogP contribution in [0.25, 0.3) is 0 Å². The van der Waals surface area contributed by atoms with E-state index >= 15 is 0 Å². The molecular weight excluding hydrogens is 278 g/mol. The molecule has 0 bridgehead atoms. The first-order chi connectivity index (χ1) is 8.08. The fourth-order valence-electron chi connectivity index (χ4n) is 2.54. The first-order valence-electron chi connectivity index (χ1n) is 6.25. The number of benzene rings is 1. The van der Waals surface area contributed by atoms with Gasteiger partial charge in [0.2, 0.25) is 0 Å². The van der Waals surface area contributed by atoms with E-state index in [1.807, 2.05) is 6.92 Å². The normalized spacial score (nSPS) is 24.8. The molecule has 1 aromatic rings. The Balaban J connectivity index is 2.04. The SMILES string of the molecule is CC(O)C1CCN(C(C)c2cccc(Br)c2)C1. The Morgan fingerprint density at radius 1 is 1.41 bits per heavy atom. The number of nitrogens with zero attached hydrogens (tertiary/aromatic N) is 1. The summed E-state index contributed by atoms with van der Waals surface area (Å²) in [5.41, 5.74) is 1.34. The summed E-state index contributed by atoms with van der Waals surface area (Å²) in [7, 11) is 0. The van der Waals surface area contributed by atoms with Crippen molar-refractivity contribution in [1.82, 2.24) is 4.90 Å². The number of aliphatic hydroxyl groups excluding tert-OH is 1. The highest BCUT2D eigenvalue weighted by molar-refractivity contribution is 9.10. The topological polar surface area (TPSA) is 23.5 Å². The average molecular weight is 298 g/mol. The molecule has 1 aromatic carbocycles. The van der Waals surface area contributed by atoms with Crippen LogP contribution in [0, 0.1) is 5.92 Å². The lowest BCUT2D eigenvalue weighted by molar-refractivity contribution is 0.123. The van der Waals surface area contributed by atoms with Crippen molar-refractivity contribution in [3.8, 4) is 0 Å². The summed E-state index contributed by atoms with van der Waals surface area (Å²) >= 11 is 3.52. The maximum atomic E-state index is 9.63. The van der Waals surface area contributed by atoms with E-state index in [4.69, 9.17) is 0 Å². The van der Waals surface area contributed by atoms with Gasteiger partial charge in [-0.25, -0.2) is 0 Å². The molecule has 0 radical (unpaired) electrons. The molecule has 0 amide bonds. The molecule has 1 aliphatic rings. The Morgan fingerprint density at radius 2 is 2.18 bits per heavy atom. The van der Waals surface area contributed by atoms with Gasteiger partial charge in [-0.2, -0.15) is 0 Å². The molecule has 1 saturated heterocycles. The highest BCUT2D eigenvalue weighted by Crippen LogP contribution is 2.29. The van der Waals surface area contributed by atoms with Crippen molar-refractivity contribution >= 4 is 15.9 Å². The molecule has 2 rings (SSSR count). The van der Waals surface area contributed by atoms with Crippen LogP contribution >= 0.6 is 15.9 Å². The summed E-state index contributed by atoms with van der Waals surface area (Å²) in [6, 6.07) is 8.92. The average Bonchev–Trinajstić information content (AvgIpc) is 2.77. The van der Waals surface area contributed by atoms with Crippen molar-refractivity contribution in [2.24, 2.45) is 5.92 Å². The van der Waals surface area contributed by atoms with Crippen LogP contribution in [0.4, 0.5) is 0 Å². The minimum absolute atomic E-state index is 0.185. The van der Waals surface area contributed by atoms with Crippen LogP contribution in [-0.2, 0) is 0 Å². The van der Waals surface area contributed by atoms with Crippen molar-refractivity contribution < 1.29 is 5.11 Å². The summed E-state index contributed by atoms with van der Waals surface area (Å²) < 4.78 is 1.13. The van der Waals surface area contributed by atoms with Crippen molar-refractivity contribution in [1.29, 1.82) is 0 Å². The number of aliphatic hydroxyl groups is 1. The standard InChI is InChI=1S/C14H20BrNO/c1-10(12-4-3-5-14(15)8-12)16-7-6-13(9-16)11(2)17/h3-5,8,10-11,13,17H,6-7,9H2,1-2H3. The third-order valence-corrected chi connectivity index (χ3v) is 4.31. The zero-order valence-electron chi connectivity index (χ0n) is 10.4. The molecule has 1 N–H and O–H groups in total. The van der Waals surface area contributed by atoms with E-state index in [-0.39, 0.29) is 6.10 Å². The van der Waals surface area contributed by atoms with E-state index in [0.717, 1.165) is 24.0 Å². The van der Waals surface area contributed by atoms with E-state index in [0.29, 0.717) is 12.0 Å². The molecule has 0 spiro atoms. The fraction of sp³-hybridized carbons (Fsp3) is 0.571. The number of likely N-dealkylation sites (tertiary alicyclic amines) is 1. The molecule has 3 atom stereocenters. The van der Waals surface area contributed by atoms with Crippen LogP contribution in [0.1, 0.15) is 31.9 Å². The first-order valence-corrected chi connectivity index (χ1v) is 7.05. The van der Waals surface area contributed by atoms with Crippen LogP contribution < -0.4 is 0 Å². The van der Waals surface area contributed by atoms with Gasteiger partial charge in [0.15, 0.2) is 0 Å². The van der Waals surface area contributed by atoms with Crippen LogP contribution in [-0.4, -0.2) is 29.2 Å². The van der Waals surface area contributed by atoms with E-state index in [1.165, 1.54) is 5.56 Å². The van der Waals surface area contributed by atoms with E-state index in [9.17, 15) is 5.11 Å². The van der Waals surface area contributed by atoms with Crippen molar-refractivity contribution in [3.63, 3.8) is 0 Å². The highest BCUT2D eigenvalue weighted by atomic mass is 79.9.